The van der Waals surface area contributed by atoms with Crippen molar-refractivity contribution in [2.45, 2.75) is 52.1 Å². The number of hydrogen-bond donors (Lipinski definition) is 2. The number of carbonyl (C=O) groups excluding carboxylic acids is 1. The predicted octanol–water partition coefficient (Wildman–Crippen LogP) is 1.68. The SMILES string of the molecule is C#CC(C)(C)NC(=O)N(CCCC(=O)O)C(C)C. The van der Waals surface area contributed by atoms with Crippen molar-refractivity contribution >= 4 is 12.0 Å². The Bertz CT molecular complexity index is 343. The van der Waals surface area contributed by atoms with Crippen molar-refractivity contribution in [2.24, 2.45) is 0 Å². The fraction of sp³-hybridized carbons (Fsp3) is 0.692. The van der Waals surface area contributed by atoms with E-state index in [9.17, 15) is 9.59 Å². The Morgan fingerprint density at radius 3 is 2.39 bits per heavy atom. The average molecular weight is 254 g/mol. The van der Waals surface area contributed by atoms with E-state index in [1.807, 2.05) is 13.8 Å². The van der Waals surface area contributed by atoms with Crippen molar-refractivity contribution in [3.8, 4) is 12.3 Å². The third-order valence-electron chi connectivity index (χ3n) is 2.45. The lowest BCUT2D eigenvalue weighted by atomic mass is 10.1. The van der Waals surface area contributed by atoms with Crippen molar-refractivity contribution in [3.63, 3.8) is 0 Å². The molecule has 0 aromatic carbocycles. The lowest BCUT2D eigenvalue weighted by molar-refractivity contribution is -0.137. The summed E-state index contributed by atoms with van der Waals surface area (Å²) in [5, 5.41) is 11.3. The molecule has 0 saturated heterocycles. The number of amides is 2. The van der Waals surface area contributed by atoms with Crippen LogP contribution in [-0.4, -0.2) is 40.1 Å². The van der Waals surface area contributed by atoms with Gasteiger partial charge in [0.05, 0.1) is 5.54 Å². The molecule has 0 aromatic heterocycles. The molecule has 0 aliphatic heterocycles. The maximum absolute atomic E-state index is 12.0. The summed E-state index contributed by atoms with van der Waals surface area (Å²) < 4.78 is 0. The van der Waals surface area contributed by atoms with E-state index in [-0.39, 0.29) is 18.5 Å². The van der Waals surface area contributed by atoms with Crippen molar-refractivity contribution in [1.82, 2.24) is 10.2 Å². The molecule has 2 amide bonds. The molecule has 18 heavy (non-hydrogen) atoms. The largest absolute Gasteiger partial charge is 0.481 e. The molecular formula is C13H22N2O3. The molecule has 0 atom stereocenters. The monoisotopic (exact) mass is 254 g/mol. The summed E-state index contributed by atoms with van der Waals surface area (Å²) in [5.74, 6) is 1.63. The number of rotatable bonds is 6. The molecular weight excluding hydrogens is 232 g/mol. The van der Waals surface area contributed by atoms with Crippen LogP contribution in [0, 0.1) is 12.3 Å². The van der Waals surface area contributed by atoms with Crippen LogP contribution in [-0.2, 0) is 4.79 Å². The minimum atomic E-state index is -0.858. The van der Waals surface area contributed by atoms with Gasteiger partial charge in [-0.25, -0.2) is 4.79 Å². The highest BCUT2D eigenvalue weighted by Gasteiger charge is 2.23. The smallest absolute Gasteiger partial charge is 0.318 e. The standard InChI is InChI=1S/C13H22N2O3/c1-6-13(4,5)14-12(18)15(10(2)3)9-7-8-11(16)17/h1,10H,7-9H2,2-5H3,(H,14,18)(H,16,17). The van der Waals surface area contributed by atoms with E-state index in [2.05, 4.69) is 11.2 Å². The highest BCUT2D eigenvalue weighted by atomic mass is 16.4. The van der Waals surface area contributed by atoms with E-state index in [0.29, 0.717) is 13.0 Å². The molecule has 0 radical (unpaired) electrons. The van der Waals surface area contributed by atoms with Crippen molar-refractivity contribution in [2.75, 3.05) is 6.54 Å². The van der Waals surface area contributed by atoms with Gasteiger partial charge in [-0.15, -0.1) is 6.42 Å². The minimum Gasteiger partial charge on any atom is -0.481 e. The average Bonchev–Trinajstić information content (AvgIpc) is 2.22. The first-order valence-electron chi connectivity index (χ1n) is 5.98. The van der Waals surface area contributed by atoms with Crippen molar-refractivity contribution in [1.29, 1.82) is 0 Å². The summed E-state index contributed by atoms with van der Waals surface area (Å²) in [6.07, 6.45) is 5.79. The van der Waals surface area contributed by atoms with Crippen LogP contribution in [0.2, 0.25) is 0 Å². The molecule has 0 aliphatic rings. The Morgan fingerprint density at radius 2 is 2.00 bits per heavy atom. The van der Waals surface area contributed by atoms with Crippen LogP contribution in [0.5, 0.6) is 0 Å². The van der Waals surface area contributed by atoms with Crippen LogP contribution in [0.25, 0.3) is 0 Å². The van der Waals surface area contributed by atoms with Crippen LogP contribution in [0.4, 0.5) is 4.79 Å². The van der Waals surface area contributed by atoms with Gasteiger partial charge in [-0.2, -0.15) is 0 Å². The van der Waals surface area contributed by atoms with Gasteiger partial charge in [0, 0.05) is 19.0 Å². The van der Waals surface area contributed by atoms with Crippen LogP contribution >= 0.6 is 0 Å². The molecule has 0 rings (SSSR count). The maximum Gasteiger partial charge on any atom is 0.318 e. The molecule has 0 saturated carbocycles. The Balaban J connectivity index is 4.47. The molecule has 0 bridgehead atoms. The van der Waals surface area contributed by atoms with Gasteiger partial charge >= 0.3 is 12.0 Å². The van der Waals surface area contributed by atoms with Gasteiger partial charge in [-0.3, -0.25) is 4.79 Å². The van der Waals surface area contributed by atoms with Crippen LogP contribution in [0.1, 0.15) is 40.5 Å². The van der Waals surface area contributed by atoms with Crippen LogP contribution < -0.4 is 5.32 Å². The van der Waals surface area contributed by atoms with E-state index < -0.39 is 11.5 Å². The molecule has 0 unspecified atom stereocenters. The fourth-order valence-corrected chi connectivity index (χ4v) is 1.37. The summed E-state index contributed by atoms with van der Waals surface area (Å²) in [6.45, 7) is 7.63. The molecule has 2 N–H and O–H groups in total. The topological polar surface area (TPSA) is 69.6 Å². The van der Waals surface area contributed by atoms with Crippen molar-refractivity contribution < 1.29 is 14.7 Å². The van der Waals surface area contributed by atoms with Crippen molar-refractivity contribution in [3.05, 3.63) is 0 Å². The van der Waals surface area contributed by atoms with Crippen LogP contribution in [0.3, 0.4) is 0 Å². The van der Waals surface area contributed by atoms with Crippen LogP contribution in [0.15, 0.2) is 0 Å². The number of aliphatic carboxylic acids is 1. The van der Waals surface area contributed by atoms with Gasteiger partial charge < -0.3 is 15.3 Å². The number of urea groups is 1. The number of terminal acetylenes is 1. The molecule has 0 fully saturated rings. The quantitative estimate of drug-likeness (QED) is 0.709. The van der Waals surface area contributed by atoms with E-state index in [1.165, 1.54) is 0 Å². The number of nitrogens with one attached hydrogen (secondary N) is 1. The van der Waals surface area contributed by atoms with Gasteiger partial charge in [0.15, 0.2) is 0 Å². The number of hydrogen-bond acceptors (Lipinski definition) is 2. The molecule has 0 heterocycles. The second-order valence-corrected chi connectivity index (χ2v) is 4.98. The third kappa shape index (κ3) is 6.14. The van der Waals surface area contributed by atoms with Gasteiger partial charge in [0.25, 0.3) is 0 Å². The van der Waals surface area contributed by atoms with E-state index in [4.69, 9.17) is 11.5 Å². The van der Waals surface area contributed by atoms with Gasteiger partial charge in [0.2, 0.25) is 0 Å². The first-order chi connectivity index (χ1) is 8.19. The summed E-state index contributed by atoms with van der Waals surface area (Å²) in [4.78, 5) is 24.0. The fourth-order valence-electron chi connectivity index (χ4n) is 1.37. The highest BCUT2D eigenvalue weighted by Crippen LogP contribution is 2.06. The van der Waals surface area contributed by atoms with Gasteiger partial charge in [0.1, 0.15) is 0 Å². The predicted molar refractivity (Wildman–Crippen MR) is 70.2 cm³/mol. The number of carboxylic acids is 1. The van der Waals surface area contributed by atoms with Gasteiger partial charge in [-0.05, 0) is 34.1 Å². The Hall–Kier alpha value is -1.70. The number of nitrogens with zero attached hydrogens (tertiary/aromatic N) is 1. The first kappa shape index (κ1) is 16.3. The molecule has 0 spiro atoms. The normalized spacial score (nSPS) is 10.9. The lowest BCUT2D eigenvalue weighted by Gasteiger charge is -2.30. The Morgan fingerprint density at radius 1 is 1.44 bits per heavy atom. The Labute approximate surface area is 109 Å². The zero-order valence-corrected chi connectivity index (χ0v) is 11.5. The summed E-state index contributed by atoms with van der Waals surface area (Å²) in [6, 6.07) is -0.272. The Kier molecular flexibility index (Phi) is 6.24. The summed E-state index contributed by atoms with van der Waals surface area (Å²) in [7, 11) is 0. The lowest BCUT2D eigenvalue weighted by Crippen LogP contribution is -2.51. The maximum atomic E-state index is 12.0. The number of carboxylic acid groups (broad SMARTS) is 1. The molecule has 5 heteroatoms. The minimum absolute atomic E-state index is 0.00707. The second-order valence-electron chi connectivity index (χ2n) is 4.98. The summed E-state index contributed by atoms with van der Waals surface area (Å²) in [5.41, 5.74) is -0.711. The van der Waals surface area contributed by atoms with E-state index in [0.717, 1.165) is 0 Å². The molecule has 0 aliphatic carbocycles. The molecule has 5 nitrogen and oxygen atoms in total. The van der Waals surface area contributed by atoms with Gasteiger partial charge in [-0.1, -0.05) is 5.92 Å². The zero-order valence-electron chi connectivity index (χ0n) is 11.5. The molecule has 102 valence electrons. The third-order valence-corrected chi connectivity index (χ3v) is 2.45. The number of carbonyl (C=O) groups is 2. The first-order valence-corrected chi connectivity index (χ1v) is 5.98. The highest BCUT2D eigenvalue weighted by molar-refractivity contribution is 5.76. The van der Waals surface area contributed by atoms with E-state index in [1.54, 1.807) is 18.7 Å². The summed E-state index contributed by atoms with van der Waals surface area (Å²) >= 11 is 0. The molecule has 0 aromatic rings. The second kappa shape index (κ2) is 6.90. The zero-order chi connectivity index (χ0) is 14.3. The van der Waals surface area contributed by atoms with E-state index >= 15 is 0 Å².